The quantitative estimate of drug-likeness (QED) is 0.780. The maximum atomic E-state index is 11.3. The smallest absolute Gasteiger partial charge is 0.307 e. The Kier molecular flexibility index (Phi) is 6.28. The molecule has 3 rings (SSSR count). The summed E-state index contributed by atoms with van der Waals surface area (Å²) in [5, 5.41) is 11.4. The average molecular weight is 370 g/mol. The summed E-state index contributed by atoms with van der Waals surface area (Å²) in [5.74, 6) is -0.858. The van der Waals surface area contributed by atoms with E-state index < -0.39 is 5.97 Å². The number of likely N-dealkylation sites (tertiary alicyclic amines) is 1. The highest BCUT2D eigenvalue weighted by Crippen LogP contribution is 2.32. The molecule has 1 aliphatic rings. The second kappa shape index (κ2) is 8.65. The van der Waals surface area contributed by atoms with Crippen LogP contribution in [-0.2, 0) is 4.79 Å². The minimum Gasteiger partial charge on any atom is -0.481 e. The molecule has 1 aromatic heterocycles. The summed E-state index contributed by atoms with van der Waals surface area (Å²) in [6.45, 7) is 6.94. The standard InChI is InChI=1S/C22H27NO2S/c1-16-7-3-4-9-19(16)20(21-17(2)11-14-26-21)10-6-13-23-12-5-8-18(15-23)22(24)25/h3-4,7,9-11,14,18H,5-6,8,12-13,15H2,1-2H3,(H,24,25)/b20-10-. The van der Waals surface area contributed by atoms with E-state index in [-0.39, 0.29) is 5.92 Å². The third-order valence-electron chi connectivity index (χ3n) is 5.19. The zero-order valence-corrected chi connectivity index (χ0v) is 16.4. The van der Waals surface area contributed by atoms with Crippen molar-refractivity contribution < 1.29 is 9.90 Å². The highest BCUT2D eigenvalue weighted by molar-refractivity contribution is 7.11. The molecule has 1 aliphatic heterocycles. The van der Waals surface area contributed by atoms with Gasteiger partial charge in [-0.3, -0.25) is 4.79 Å². The van der Waals surface area contributed by atoms with Crippen LogP contribution in [0.25, 0.3) is 5.57 Å². The van der Waals surface area contributed by atoms with Crippen LogP contribution in [0.1, 0.15) is 40.8 Å². The molecule has 3 nitrogen and oxygen atoms in total. The summed E-state index contributed by atoms with van der Waals surface area (Å²) < 4.78 is 0. The Hall–Kier alpha value is -1.91. The van der Waals surface area contributed by atoms with Crippen molar-refractivity contribution in [2.24, 2.45) is 5.92 Å². The first-order valence-corrected chi connectivity index (χ1v) is 10.2. The zero-order valence-electron chi connectivity index (χ0n) is 15.6. The molecule has 138 valence electrons. The SMILES string of the molecule is Cc1ccccc1/C(=C/CCN1CCCC(C(=O)O)C1)c1sccc1C. The third kappa shape index (κ3) is 4.43. The van der Waals surface area contributed by atoms with Gasteiger partial charge in [-0.1, -0.05) is 30.3 Å². The maximum absolute atomic E-state index is 11.3. The summed E-state index contributed by atoms with van der Waals surface area (Å²) in [6, 6.07) is 10.7. The van der Waals surface area contributed by atoms with Crippen LogP contribution in [0.3, 0.4) is 0 Å². The van der Waals surface area contributed by atoms with Crippen molar-refractivity contribution in [1.29, 1.82) is 0 Å². The molecule has 1 unspecified atom stereocenters. The van der Waals surface area contributed by atoms with Gasteiger partial charge in [-0.15, -0.1) is 11.3 Å². The Balaban J connectivity index is 1.77. The summed E-state index contributed by atoms with van der Waals surface area (Å²) in [6.07, 6.45) is 5.07. The molecule has 2 heterocycles. The number of benzene rings is 1. The Morgan fingerprint density at radius 1 is 1.27 bits per heavy atom. The number of aryl methyl sites for hydroxylation is 2. The number of rotatable bonds is 6. The largest absolute Gasteiger partial charge is 0.481 e. The minimum atomic E-state index is -0.653. The first-order valence-electron chi connectivity index (χ1n) is 9.32. The lowest BCUT2D eigenvalue weighted by atomic mass is 9.96. The van der Waals surface area contributed by atoms with E-state index in [4.69, 9.17) is 0 Å². The number of aliphatic carboxylic acids is 1. The molecule has 0 aliphatic carbocycles. The van der Waals surface area contributed by atoms with E-state index in [0.29, 0.717) is 6.54 Å². The van der Waals surface area contributed by atoms with Crippen LogP contribution in [0.5, 0.6) is 0 Å². The fourth-order valence-corrected chi connectivity index (χ4v) is 4.68. The molecule has 1 aromatic carbocycles. The van der Waals surface area contributed by atoms with Gasteiger partial charge in [-0.05, 0) is 73.4 Å². The van der Waals surface area contributed by atoms with Crippen molar-refractivity contribution in [3.05, 3.63) is 63.4 Å². The lowest BCUT2D eigenvalue weighted by Gasteiger charge is -2.30. The molecular weight excluding hydrogens is 342 g/mol. The Bertz CT molecular complexity index is 793. The van der Waals surface area contributed by atoms with Crippen molar-refractivity contribution in [1.82, 2.24) is 4.90 Å². The lowest BCUT2D eigenvalue weighted by molar-refractivity contribution is -0.143. The molecule has 4 heteroatoms. The summed E-state index contributed by atoms with van der Waals surface area (Å²) in [5.41, 5.74) is 5.20. The number of carboxylic acids is 1. The number of nitrogens with zero attached hydrogens (tertiary/aromatic N) is 1. The Labute approximate surface area is 160 Å². The van der Waals surface area contributed by atoms with Crippen LogP contribution in [0, 0.1) is 19.8 Å². The third-order valence-corrected chi connectivity index (χ3v) is 6.24. The van der Waals surface area contributed by atoms with Gasteiger partial charge in [-0.25, -0.2) is 0 Å². The second-order valence-corrected chi connectivity index (χ2v) is 8.05. The molecule has 2 aromatic rings. The van der Waals surface area contributed by atoms with Crippen LogP contribution in [-0.4, -0.2) is 35.6 Å². The Morgan fingerprint density at radius 2 is 2.08 bits per heavy atom. The van der Waals surface area contributed by atoms with E-state index in [9.17, 15) is 9.90 Å². The van der Waals surface area contributed by atoms with Crippen molar-refractivity contribution in [2.75, 3.05) is 19.6 Å². The number of hydrogen-bond acceptors (Lipinski definition) is 3. The molecule has 0 saturated carbocycles. The predicted octanol–water partition coefficient (Wildman–Crippen LogP) is 4.98. The molecule has 1 N–H and O–H groups in total. The second-order valence-electron chi connectivity index (χ2n) is 7.13. The summed E-state index contributed by atoms with van der Waals surface area (Å²) >= 11 is 1.79. The van der Waals surface area contributed by atoms with Gasteiger partial charge in [0, 0.05) is 18.0 Å². The molecule has 0 amide bonds. The zero-order chi connectivity index (χ0) is 18.5. The monoisotopic (exact) mass is 369 g/mol. The number of hydrogen-bond donors (Lipinski definition) is 1. The number of thiophene rings is 1. The highest BCUT2D eigenvalue weighted by Gasteiger charge is 2.24. The molecule has 0 bridgehead atoms. The topological polar surface area (TPSA) is 40.5 Å². The predicted molar refractivity (Wildman–Crippen MR) is 109 cm³/mol. The average Bonchev–Trinajstić information content (AvgIpc) is 3.06. The molecule has 0 spiro atoms. The fraction of sp³-hybridized carbons (Fsp3) is 0.409. The molecule has 0 radical (unpaired) electrons. The van der Waals surface area contributed by atoms with Crippen molar-refractivity contribution in [2.45, 2.75) is 33.1 Å². The molecule has 1 atom stereocenters. The Morgan fingerprint density at radius 3 is 2.77 bits per heavy atom. The van der Waals surface area contributed by atoms with Gasteiger partial charge < -0.3 is 10.0 Å². The van der Waals surface area contributed by atoms with Crippen molar-refractivity contribution in [3.63, 3.8) is 0 Å². The van der Waals surface area contributed by atoms with E-state index in [1.807, 2.05) is 0 Å². The normalized spacial score (nSPS) is 18.8. The van der Waals surface area contributed by atoms with Gasteiger partial charge >= 0.3 is 5.97 Å². The van der Waals surface area contributed by atoms with E-state index in [2.05, 4.69) is 60.5 Å². The van der Waals surface area contributed by atoms with Crippen LogP contribution in [0.15, 0.2) is 41.8 Å². The maximum Gasteiger partial charge on any atom is 0.307 e. The van der Waals surface area contributed by atoms with E-state index in [1.165, 1.54) is 27.1 Å². The first-order chi connectivity index (χ1) is 12.6. The van der Waals surface area contributed by atoms with Gasteiger partial charge in [0.1, 0.15) is 0 Å². The summed E-state index contributed by atoms with van der Waals surface area (Å²) in [7, 11) is 0. The fourth-order valence-electron chi connectivity index (χ4n) is 3.70. The minimum absolute atomic E-state index is 0.205. The molecule has 1 fully saturated rings. The van der Waals surface area contributed by atoms with Gasteiger partial charge in [0.25, 0.3) is 0 Å². The molecule has 26 heavy (non-hydrogen) atoms. The van der Waals surface area contributed by atoms with Crippen LogP contribution >= 0.6 is 11.3 Å². The van der Waals surface area contributed by atoms with Gasteiger partial charge in [0.15, 0.2) is 0 Å². The molecule has 1 saturated heterocycles. The van der Waals surface area contributed by atoms with Crippen LogP contribution in [0.2, 0.25) is 0 Å². The van der Waals surface area contributed by atoms with Gasteiger partial charge in [0.05, 0.1) is 5.92 Å². The highest BCUT2D eigenvalue weighted by atomic mass is 32.1. The van der Waals surface area contributed by atoms with E-state index in [0.717, 1.165) is 32.4 Å². The number of carboxylic acid groups (broad SMARTS) is 1. The van der Waals surface area contributed by atoms with Crippen molar-refractivity contribution in [3.8, 4) is 0 Å². The lowest BCUT2D eigenvalue weighted by Crippen LogP contribution is -2.39. The van der Waals surface area contributed by atoms with Crippen molar-refractivity contribution >= 4 is 22.9 Å². The van der Waals surface area contributed by atoms with Crippen LogP contribution < -0.4 is 0 Å². The number of carbonyl (C=O) groups is 1. The molecular formula is C22H27NO2S. The number of piperidine rings is 1. The van der Waals surface area contributed by atoms with Gasteiger partial charge in [0.2, 0.25) is 0 Å². The summed E-state index contributed by atoms with van der Waals surface area (Å²) in [4.78, 5) is 14.9. The van der Waals surface area contributed by atoms with Crippen LogP contribution in [0.4, 0.5) is 0 Å². The van der Waals surface area contributed by atoms with E-state index >= 15 is 0 Å². The van der Waals surface area contributed by atoms with Gasteiger partial charge in [-0.2, -0.15) is 0 Å². The van der Waals surface area contributed by atoms with E-state index in [1.54, 1.807) is 11.3 Å². The first kappa shape index (κ1) is 18.9.